The number of alkyl halides is 1. The topological polar surface area (TPSA) is 108 Å². The lowest BCUT2D eigenvalue weighted by molar-refractivity contribution is -0.0455. The Labute approximate surface area is 203 Å². The van der Waals surface area contributed by atoms with Crippen LogP contribution in [0, 0.1) is 0 Å². The van der Waals surface area contributed by atoms with E-state index >= 15 is 4.39 Å². The average molecular weight is 482 g/mol. The lowest BCUT2D eigenvalue weighted by atomic mass is 9.71. The Morgan fingerprint density at radius 3 is 2.86 bits per heavy atom. The van der Waals surface area contributed by atoms with Crippen LogP contribution in [0.2, 0.25) is 6.82 Å². The van der Waals surface area contributed by atoms with Crippen LogP contribution in [0.5, 0.6) is 11.6 Å². The van der Waals surface area contributed by atoms with E-state index in [4.69, 9.17) is 14.2 Å². The van der Waals surface area contributed by atoms with Gasteiger partial charge in [0.25, 0.3) is 5.88 Å². The van der Waals surface area contributed by atoms with Crippen molar-refractivity contribution < 1.29 is 23.6 Å². The van der Waals surface area contributed by atoms with E-state index in [9.17, 15) is 5.02 Å². The molecule has 0 radical (unpaired) electrons. The number of imidazole rings is 1. The van der Waals surface area contributed by atoms with Gasteiger partial charge in [-0.25, -0.2) is 14.4 Å². The molecule has 2 aromatic heterocycles. The van der Waals surface area contributed by atoms with Crippen molar-refractivity contribution in [2.24, 2.45) is 0 Å². The lowest BCUT2D eigenvalue weighted by Gasteiger charge is -2.50. The summed E-state index contributed by atoms with van der Waals surface area (Å²) in [6, 6.07) is 5.30. The van der Waals surface area contributed by atoms with E-state index in [2.05, 4.69) is 20.2 Å². The van der Waals surface area contributed by atoms with Crippen LogP contribution in [0.3, 0.4) is 0 Å². The van der Waals surface area contributed by atoms with Gasteiger partial charge in [0.1, 0.15) is 11.9 Å². The molecule has 12 heteroatoms. The van der Waals surface area contributed by atoms with Crippen molar-refractivity contribution in [1.29, 1.82) is 0 Å². The molecule has 10 nitrogen and oxygen atoms in total. The summed E-state index contributed by atoms with van der Waals surface area (Å²) in [5.41, 5.74) is 1.49. The van der Waals surface area contributed by atoms with E-state index in [0.29, 0.717) is 30.0 Å². The second-order valence-electron chi connectivity index (χ2n) is 8.89. The Bertz CT molecular complexity index is 1120. The summed E-state index contributed by atoms with van der Waals surface area (Å²) in [5.74, 6) is 1.04. The van der Waals surface area contributed by atoms with Crippen LogP contribution in [-0.4, -0.2) is 79.9 Å². The SMILES string of the molecule is COCOc1cc(-n2ccnc2)ccc1-c1ncc(O[C@H]2CC3CCCC([C@H]2F)N3B(C)O)nn1. The van der Waals surface area contributed by atoms with Gasteiger partial charge in [-0.05, 0) is 31.8 Å². The van der Waals surface area contributed by atoms with Crippen LogP contribution >= 0.6 is 0 Å². The second-order valence-corrected chi connectivity index (χ2v) is 8.89. The van der Waals surface area contributed by atoms with Crippen LogP contribution in [0.4, 0.5) is 4.39 Å². The molecule has 0 spiro atoms. The zero-order valence-corrected chi connectivity index (χ0v) is 19.7. The summed E-state index contributed by atoms with van der Waals surface area (Å²) in [5, 5.41) is 18.5. The van der Waals surface area contributed by atoms with Gasteiger partial charge in [0, 0.05) is 44.1 Å². The minimum atomic E-state index is -1.23. The molecule has 1 aromatic carbocycles. The normalized spacial score (nSPS) is 24.2. The largest absolute Gasteiger partial charge is 0.469 e. The molecule has 184 valence electrons. The number of aromatic nitrogens is 5. The van der Waals surface area contributed by atoms with Gasteiger partial charge in [0.15, 0.2) is 18.8 Å². The van der Waals surface area contributed by atoms with E-state index in [1.165, 1.54) is 6.20 Å². The molecule has 0 amide bonds. The molecule has 0 aliphatic carbocycles. The Balaban J connectivity index is 1.34. The minimum Gasteiger partial charge on any atom is -0.469 e. The quantitative estimate of drug-likeness (QED) is 0.383. The van der Waals surface area contributed by atoms with E-state index < -0.39 is 19.3 Å². The molecule has 1 N–H and O–H groups in total. The van der Waals surface area contributed by atoms with Gasteiger partial charge in [-0.2, -0.15) is 0 Å². The monoisotopic (exact) mass is 482 g/mol. The first kappa shape index (κ1) is 23.6. The number of hydrogen-bond acceptors (Lipinski definition) is 9. The molecule has 2 aliphatic rings. The van der Waals surface area contributed by atoms with Crippen molar-refractivity contribution in [3.05, 3.63) is 43.1 Å². The number of fused-ring (bicyclic) bond motifs is 2. The van der Waals surface area contributed by atoms with Crippen molar-refractivity contribution in [1.82, 2.24) is 29.5 Å². The summed E-state index contributed by atoms with van der Waals surface area (Å²) >= 11 is 0. The van der Waals surface area contributed by atoms with Gasteiger partial charge in [0.2, 0.25) is 0 Å². The van der Waals surface area contributed by atoms with Crippen LogP contribution in [0.15, 0.2) is 43.1 Å². The zero-order valence-electron chi connectivity index (χ0n) is 19.7. The summed E-state index contributed by atoms with van der Waals surface area (Å²) in [6.07, 6.45) is 7.83. The molecule has 2 aliphatic heterocycles. The first-order chi connectivity index (χ1) is 17.0. The highest BCUT2D eigenvalue weighted by molar-refractivity contribution is 6.45. The first-order valence-corrected chi connectivity index (χ1v) is 11.8. The van der Waals surface area contributed by atoms with Crippen LogP contribution in [0.1, 0.15) is 25.7 Å². The number of piperidine rings is 2. The van der Waals surface area contributed by atoms with Gasteiger partial charge in [-0.1, -0.05) is 6.42 Å². The fourth-order valence-corrected chi connectivity index (χ4v) is 5.14. The molecule has 4 heterocycles. The molecular formula is C23H28BFN6O4. The molecule has 2 bridgehead atoms. The van der Waals surface area contributed by atoms with Gasteiger partial charge in [0.05, 0.1) is 23.8 Å². The van der Waals surface area contributed by atoms with E-state index in [1.54, 1.807) is 26.5 Å². The summed E-state index contributed by atoms with van der Waals surface area (Å²) in [6.45, 7) is 1.75. The molecule has 2 fully saturated rings. The smallest absolute Gasteiger partial charge is 0.376 e. The van der Waals surface area contributed by atoms with Crippen molar-refractivity contribution in [2.45, 2.75) is 56.9 Å². The van der Waals surface area contributed by atoms with Gasteiger partial charge in [-0.3, -0.25) is 0 Å². The maximum Gasteiger partial charge on any atom is 0.376 e. The average Bonchev–Trinajstić information content (AvgIpc) is 3.41. The Hall–Kier alpha value is -3.09. The van der Waals surface area contributed by atoms with Gasteiger partial charge < -0.3 is 28.6 Å². The standard InChI is InChI=1S/C23H28BFN6O4/c1-24(32)31-16-4-3-5-18(31)22(25)20(11-16)35-21-12-27-23(29-28-21)17-7-6-15(30-9-8-26-13-30)10-19(17)34-14-33-2/h6-10,12-13,16,18,20,22,32H,3-5,11,14H2,1-2H3/t16?,18?,20-,22+/m0/s1. The number of halogens is 1. The van der Waals surface area contributed by atoms with E-state index in [0.717, 1.165) is 18.5 Å². The highest BCUT2D eigenvalue weighted by Crippen LogP contribution is 2.37. The maximum absolute atomic E-state index is 15.3. The maximum atomic E-state index is 15.3. The fourth-order valence-electron chi connectivity index (χ4n) is 5.14. The molecular weight excluding hydrogens is 454 g/mol. The van der Waals surface area contributed by atoms with Gasteiger partial charge in [-0.15, -0.1) is 10.2 Å². The minimum absolute atomic E-state index is 0.0559. The number of nitrogens with zero attached hydrogens (tertiary/aromatic N) is 6. The third-order valence-electron chi connectivity index (χ3n) is 6.65. The molecule has 5 rings (SSSR count). The van der Waals surface area contributed by atoms with Crippen molar-refractivity contribution in [2.75, 3.05) is 13.9 Å². The number of ether oxygens (including phenoxy) is 3. The van der Waals surface area contributed by atoms with Crippen molar-refractivity contribution in [3.8, 4) is 28.7 Å². The number of hydrogen-bond donors (Lipinski definition) is 1. The fraction of sp³-hybridized carbons (Fsp3) is 0.478. The van der Waals surface area contributed by atoms with Crippen LogP contribution in [-0.2, 0) is 4.74 Å². The summed E-state index contributed by atoms with van der Waals surface area (Å²) in [7, 11) is 0.863. The zero-order chi connectivity index (χ0) is 24.4. The molecule has 0 saturated carbocycles. The van der Waals surface area contributed by atoms with Crippen LogP contribution < -0.4 is 9.47 Å². The highest BCUT2D eigenvalue weighted by Gasteiger charge is 2.48. The third-order valence-corrected chi connectivity index (χ3v) is 6.65. The number of benzene rings is 1. The Morgan fingerprint density at radius 1 is 1.26 bits per heavy atom. The highest BCUT2D eigenvalue weighted by atomic mass is 19.1. The predicted octanol–water partition coefficient (Wildman–Crippen LogP) is 2.53. The molecule has 2 unspecified atom stereocenters. The number of methoxy groups -OCH3 is 1. The van der Waals surface area contributed by atoms with Gasteiger partial charge >= 0.3 is 7.05 Å². The molecule has 3 aromatic rings. The first-order valence-electron chi connectivity index (χ1n) is 11.8. The molecule has 2 saturated heterocycles. The van der Waals surface area contributed by atoms with Crippen molar-refractivity contribution >= 4 is 7.05 Å². The van der Waals surface area contributed by atoms with E-state index in [-0.39, 0.29) is 24.8 Å². The lowest BCUT2D eigenvalue weighted by Crippen LogP contribution is -2.64. The van der Waals surface area contributed by atoms with E-state index in [1.807, 2.05) is 33.8 Å². The summed E-state index contributed by atoms with van der Waals surface area (Å²) in [4.78, 5) is 10.4. The number of rotatable bonds is 8. The Morgan fingerprint density at radius 2 is 2.14 bits per heavy atom. The summed E-state index contributed by atoms with van der Waals surface area (Å²) < 4.78 is 33.9. The predicted molar refractivity (Wildman–Crippen MR) is 126 cm³/mol. The molecule has 35 heavy (non-hydrogen) atoms. The van der Waals surface area contributed by atoms with Crippen LogP contribution in [0.25, 0.3) is 17.1 Å². The Kier molecular flexibility index (Phi) is 6.94. The third kappa shape index (κ3) is 4.86. The van der Waals surface area contributed by atoms with Crippen molar-refractivity contribution in [3.63, 3.8) is 0 Å². The molecule has 4 atom stereocenters. The second kappa shape index (κ2) is 10.3.